The molecule has 0 spiro atoms. The molecule has 0 bridgehead atoms. The van der Waals surface area contributed by atoms with Gasteiger partial charge < -0.3 is 0 Å². The largest absolute Gasteiger partial charge is 0.253 e. The molecule has 0 fully saturated rings. The van der Waals surface area contributed by atoms with Gasteiger partial charge >= 0.3 is 0 Å². The Labute approximate surface area is 99.3 Å². The lowest BCUT2D eigenvalue weighted by Crippen LogP contribution is -2.02. The maximum atomic E-state index is 4.12. The second-order valence-electron chi connectivity index (χ2n) is 4.44. The first-order valence-corrected chi connectivity index (χ1v) is 6.64. The summed E-state index contributed by atoms with van der Waals surface area (Å²) in [4.78, 5) is 8.24. The molecule has 16 heavy (non-hydrogen) atoms. The molecular formula is C13H18N2P. The molecule has 0 aliphatic rings. The molecule has 2 nitrogen and oxygen atoms in total. The van der Waals surface area contributed by atoms with E-state index in [1.165, 1.54) is 8.58 Å². The molecule has 0 aliphatic heterocycles. The Kier molecular flexibility index (Phi) is 4.82. The van der Waals surface area contributed by atoms with E-state index in [4.69, 9.17) is 0 Å². The van der Waals surface area contributed by atoms with Gasteiger partial charge in [0.25, 0.3) is 0 Å². The molecule has 0 unspecified atom stereocenters. The Bertz CT molecular complexity index is 370. The van der Waals surface area contributed by atoms with Crippen molar-refractivity contribution in [3.63, 3.8) is 0 Å². The van der Waals surface area contributed by atoms with Crippen LogP contribution in [0.1, 0.15) is 20.8 Å². The van der Waals surface area contributed by atoms with E-state index in [1.807, 2.05) is 24.3 Å². The minimum atomic E-state index is 0.514. The second-order valence-corrected chi connectivity index (χ2v) is 6.23. The molecular weight excluding hydrogens is 215 g/mol. The van der Waals surface area contributed by atoms with Gasteiger partial charge in [0.05, 0.1) is 11.0 Å². The van der Waals surface area contributed by atoms with Gasteiger partial charge in [-0.3, -0.25) is 9.97 Å². The number of nitrogens with zero attached hydrogens (tertiary/aromatic N) is 2. The van der Waals surface area contributed by atoms with Crippen LogP contribution in [0.3, 0.4) is 0 Å². The third kappa shape index (κ3) is 4.67. The number of hydrogen-bond acceptors (Lipinski definition) is 2. The number of aromatic nitrogens is 2. The van der Waals surface area contributed by atoms with Crippen LogP contribution in [0.5, 0.6) is 0 Å². The van der Waals surface area contributed by atoms with Crippen LogP contribution in [-0.2, 0) is 0 Å². The van der Waals surface area contributed by atoms with E-state index >= 15 is 0 Å². The zero-order chi connectivity index (χ0) is 12.0. The van der Waals surface area contributed by atoms with E-state index < -0.39 is 0 Å². The van der Waals surface area contributed by atoms with Crippen LogP contribution >= 0.6 is 8.58 Å². The van der Waals surface area contributed by atoms with Crippen molar-refractivity contribution in [3.8, 4) is 0 Å². The van der Waals surface area contributed by atoms with Gasteiger partial charge in [0, 0.05) is 12.4 Å². The molecule has 85 valence electrons. The summed E-state index contributed by atoms with van der Waals surface area (Å²) in [6.07, 6.45) is 3.39. The van der Waals surface area contributed by atoms with Crippen molar-refractivity contribution in [1.82, 2.24) is 9.97 Å². The Balaban J connectivity index is 0.000000187. The molecule has 0 atom stereocenters. The van der Waals surface area contributed by atoms with Crippen LogP contribution in [0, 0.1) is 0 Å². The number of hydrogen-bond donors (Lipinski definition) is 0. The first kappa shape index (κ1) is 13.1. The summed E-state index contributed by atoms with van der Waals surface area (Å²) in [7, 11) is 1.47. The molecule has 0 amide bonds. The monoisotopic (exact) mass is 233 g/mol. The predicted octanol–water partition coefficient (Wildman–Crippen LogP) is 3.99. The fourth-order valence-electron chi connectivity index (χ4n) is 0.910. The normalized spacial score (nSPS) is 11.5. The highest BCUT2D eigenvalue weighted by Crippen LogP contribution is 2.25. The van der Waals surface area contributed by atoms with Crippen LogP contribution in [0.25, 0.3) is 11.0 Å². The fraction of sp³-hybridized carbons (Fsp3) is 0.385. The molecule has 1 heterocycles. The number of para-hydroxylation sites is 2. The number of fused-ring (bicyclic) bond motifs is 1. The maximum absolute atomic E-state index is 4.12. The van der Waals surface area contributed by atoms with Gasteiger partial charge in [-0.25, -0.2) is 0 Å². The number of rotatable bonds is 0. The van der Waals surface area contributed by atoms with E-state index in [1.54, 1.807) is 12.4 Å². The zero-order valence-electron chi connectivity index (χ0n) is 10.3. The first-order valence-electron chi connectivity index (χ1n) is 5.30. The van der Waals surface area contributed by atoms with Crippen molar-refractivity contribution in [1.29, 1.82) is 0 Å². The molecule has 3 heteroatoms. The molecule has 1 aromatic carbocycles. The van der Waals surface area contributed by atoms with Crippen molar-refractivity contribution >= 4 is 19.6 Å². The molecule has 0 saturated heterocycles. The standard InChI is InChI=1S/C8H6N2.C5H12P/c1-2-4-8-7(3-1)9-5-6-10-8;1-5(2,3)6-4/h1-6H;1-4H3. The van der Waals surface area contributed by atoms with Crippen molar-refractivity contribution in [2.45, 2.75) is 25.9 Å². The molecule has 2 rings (SSSR count). The lowest BCUT2D eigenvalue weighted by molar-refractivity contribution is 0.797. The van der Waals surface area contributed by atoms with Crippen LogP contribution in [0.4, 0.5) is 0 Å². The second kappa shape index (κ2) is 5.91. The highest BCUT2D eigenvalue weighted by molar-refractivity contribution is 7.38. The molecule has 0 N–H and O–H groups in total. The quantitative estimate of drug-likeness (QED) is 0.643. The lowest BCUT2D eigenvalue weighted by atomic mass is 10.3. The third-order valence-electron chi connectivity index (χ3n) is 2.05. The van der Waals surface area contributed by atoms with E-state index in [2.05, 4.69) is 37.4 Å². The third-order valence-corrected chi connectivity index (χ3v) is 3.39. The van der Waals surface area contributed by atoms with E-state index in [0.717, 1.165) is 11.0 Å². The Morgan fingerprint density at radius 2 is 1.31 bits per heavy atom. The van der Waals surface area contributed by atoms with Gasteiger partial charge in [-0.2, -0.15) is 0 Å². The molecule has 0 saturated carbocycles. The first-order chi connectivity index (χ1) is 7.53. The van der Waals surface area contributed by atoms with Gasteiger partial charge in [0.1, 0.15) is 0 Å². The highest BCUT2D eigenvalue weighted by atomic mass is 31.1. The van der Waals surface area contributed by atoms with Gasteiger partial charge in [-0.15, -0.1) is 0 Å². The summed E-state index contributed by atoms with van der Waals surface area (Å²) < 4.78 is 0. The average Bonchev–Trinajstić information content (AvgIpc) is 2.29. The summed E-state index contributed by atoms with van der Waals surface area (Å²) in [5.74, 6) is 0. The maximum Gasteiger partial charge on any atom is 0.0886 e. The van der Waals surface area contributed by atoms with Crippen molar-refractivity contribution < 1.29 is 0 Å². The van der Waals surface area contributed by atoms with Crippen LogP contribution in [0.2, 0.25) is 0 Å². The number of benzene rings is 1. The summed E-state index contributed by atoms with van der Waals surface area (Å²) in [5.41, 5.74) is 1.90. The topological polar surface area (TPSA) is 25.8 Å². The highest BCUT2D eigenvalue weighted by Gasteiger charge is 2.04. The zero-order valence-corrected chi connectivity index (χ0v) is 11.2. The molecule has 1 aromatic heterocycles. The summed E-state index contributed by atoms with van der Waals surface area (Å²) in [5, 5.41) is 0.514. The van der Waals surface area contributed by atoms with Gasteiger partial charge in [-0.05, 0) is 24.0 Å². The SMILES string of the molecule is C[P]C(C)(C)C.c1ccc2nccnc2c1. The van der Waals surface area contributed by atoms with E-state index in [0.29, 0.717) is 5.16 Å². The summed E-state index contributed by atoms with van der Waals surface area (Å²) in [6, 6.07) is 7.80. The van der Waals surface area contributed by atoms with Crippen LogP contribution in [-0.4, -0.2) is 21.8 Å². The Hall–Kier alpha value is -1.01. The summed E-state index contributed by atoms with van der Waals surface area (Å²) in [6.45, 7) is 8.87. The van der Waals surface area contributed by atoms with Crippen LogP contribution in [0.15, 0.2) is 36.7 Å². The molecule has 1 radical (unpaired) electrons. The van der Waals surface area contributed by atoms with E-state index in [-0.39, 0.29) is 0 Å². The molecule has 2 aromatic rings. The van der Waals surface area contributed by atoms with Crippen molar-refractivity contribution in [3.05, 3.63) is 36.7 Å². The lowest BCUT2D eigenvalue weighted by Gasteiger charge is -2.11. The van der Waals surface area contributed by atoms with Crippen molar-refractivity contribution in [2.75, 3.05) is 6.66 Å². The smallest absolute Gasteiger partial charge is 0.0886 e. The Morgan fingerprint density at radius 1 is 0.938 bits per heavy atom. The van der Waals surface area contributed by atoms with Crippen LogP contribution < -0.4 is 0 Å². The molecule has 0 aliphatic carbocycles. The Morgan fingerprint density at radius 3 is 1.62 bits per heavy atom. The van der Waals surface area contributed by atoms with Gasteiger partial charge in [-0.1, -0.05) is 41.5 Å². The fourth-order valence-corrected chi connectivity index (χ4v) is 0.910. The summed E-state index contributed by atoms with van der Waals surface area (Å²) >= 11 is 0. The van der Waals surface area contributed by atoms with Crippen molar-refractivity contribution in [2.24, 2.45) is 0 Å². The predicted molar refractivity (Wildman–Crippen MR) is 72.1 cm³/mol. The minimum absolute atomic E-state index is 0.514. The van der Waals surface area contributed by atoms with Gasteiger partial charge in [0.2, 0.25) is 0 Å². The van der Waals surface area contributed by atoms with Gasteiger partial charge in [0.15, 0.2) is 0 Å². The minimum Gasteiger partial charge on any atom is -0.253 e. The average molecular weight is 233 g/mol. The van der Waals surface area contributed by atoms with E-state index in [9.17, 15) is 0 Å².